The van der Waals surface area contributed by atoms with Crippen molar-refractivity contribution in [1.82, 2.24) is 14.9 Å². The van der Waals surface area contributed by atoms with Gasteiger partial charge in [0.05, 0.1) is 11.1 Å². The molecule has 1 unspecified atom stereocenters. The molecule has 7 nitrogen and oxygen atoms in total. The fraction of sp³-hybridized carbons (Fsp3) is 0.423. The molecular formula is C26H32N4O3. The Morgan fingerprint density at radius 1 is 1.15 bits per heavy atom. The molecule has 0 bridgehead atoms. The summed E-state index contributed by atoms with van der Waals surface area (Å²) in [5, 5.41) is 21.7. The van der Waals surface area contributed by atoms with Crippen molar-refractivity contribution in [3.8, 4) is 0 Å². The van der Waals surface area contributed by atoms with Gasteiger partial charge in [-0.15, -0.1) is 0 Å². The Hall–Kier alpha value is -3.19. The molecule has 1 amide bonds. The highest BCUT2D eigenvalue weighted by Gasteiger charge is 2.28. The lowest BCUT2D eigenvalue weighted by molar-refractivity contribution is -0.141. The van der Waals surface area contributed by atoms with E-state index in [4.69, 9.17) is 9.97 Å². The van der Waals surface area contributed by atoms with E-state index in [0.717, 1.165) is 22.3 Å². The number of nitrogens with zero attached hydrogens (tertiary/aromatic N) is 4. The molecule has 1 aliphatic heterocycles. The summed E-state index contributed by atoms with van der Waals surface area (Å²) in [4.78, 5) is 26.2. The third kappa shape index (κ3) is 5.09. The van der Waals surface area contributed by atoms with Crippen molar-refractivity contribution in [2.45, 2.75) is 39.7 Å². The number of amides is 1. The van der Waals surface area contributed by atoms with E-state index in [1.54, 1.807) is 11.0 Å². The Morgan fingerprint density at radius 3 is 2.64 bits per heavy atom. The van der Waals surface area contributed by atoms with Crippen LogP contribution < -0.4 is 4.90 Å². The number of aliphatic hydroxyl groups excluding tert-OH is 2. The van der Waals surface area contributed by atoms with Crippen molar-refractivity contribution in [2.24, 2.45) is 5.92 Å². The molecule has 1 saturated heterocycles. The third-order valence-electron chi connectivity index (χ3n) is 6.07. The molecule has 2 heterocycles. The molecule has 2 N–H and O–H groups in total. The van der Waals surface area contributed by atoms with Gasteiger partial charge in [0.2, 0.25) is 0 Å². The average molecular weight is 449 g/mol. The van der Waals surface area contributed by atoms with Crippen LogP contribution >= 0.6 is 0 Å². The molecule has 0 saturated carbocycles. The zero-order chi connectivity index (χ0) is 23.5. The van der Waals surface area contributed by atoms with Gasteiger partial charge in [-0.1, -0.05) is 32.1 Å². The number of fused-ring (bicyclic) bond motifs is 1. The lowest BCUT2D eigenvalue weighted by Crippen LogP contribution is -2.52. The molecule has 33 heavy (non-hydrogen) atoms. The van der Waals surface area contributed by atoms with Gasteiger partial charge < -0.3 is 20.0 Å². The summed E-state index contributed by atoms with van der Waals surface area (Å²) < 4.78 is 0. The number of allylic oxidation sites excluding steroid dienone is 5. The number of hydrogen-bond acceptors (Lipinski definition) is 6. The fourth-order valence-corrected chi connectivity index (χ4v) is 4.29. The van der Waals surface area contributed by atoms with Gasteiger partial charge in [-0.25, -0.2) is 9.97 Å². The van der Waals surface area contributed by atoms with Gasteiger partial charge in [-0.3, -0.25) is 4.79 Å². The van der Waals surface area contributed by atoms with Crippen LogP contribution in [0.5, 0.6) is 0 Å². The molecule has 1 atom stereocenters. The number of benzene rings is 1. The molecule has 1 aromatic carbocycles. The van der Waals surface area contributed by atoms with Gasteiger partial charge in [-0.05, 0) is 55.5 Å². The maximum Gasteiger partial charge on any atom is 0.251 e. The van der Waals surface area contributed by atoms with Crippen molar-refractivity contribution in [2.75, 3.05) is 31.1 Å². The molecule has 1 aliphatic carbocycles. The molecule has 174 valence electrons. The van der Waals surface area contributed by atoms with Crippen molar-refractivity contribution in [1.29, 1.82) is 0 Å². The van der Waals surface area contributed by atoms with E-state index in [0.29, 0.717) is 50.4 Å². The van der Waals surface area contributed by atoms with Crippen LogP contribution in [0, 0.1) is 12.8 Å². The first-order valence-electron chi connectivity index (χ1n) is 11.6. The summed E-state index contributed by atoms with van der Waals surface area (Å²) in [5.74, 6) is 1.52. The van der Waals surface area contributed by atoms with Crippen LogP contribution in [0.4, 0.5) is 5.82 Å². The van der Waals surface area contributed by atoms with E-state index in [2.05, 4.69) is 4.90 Å². The minimum Gasteiger partial charge on any atom is -0.508 e. The monoisotopic (exact) mass is 448 g/mol. The molecular weight excluding hydrogens is 416 g/mol. The Kier molecular flexibility index (Phi) is 6.79. The standard InChI is InChI=1S/C26H32N4O3/c1-17(2)15-23(32)26(33)30-13-11-29(12-14-30)25-19-10-9-18(3)16-21(19)27-24(28-25)20-7-5-4-6-8-22(20)31/h4-5,7-10,16-17,23,31-32H,6,11-15H2,1-3H3. The lowest BCUT2D eigenvalue weighted by Gasteiger charge is -2.37. The number of aliphatic hydroxyl groups is 2. The molecule has 2 aliphatic rings. The van der Waals surface area contributed by atoms with Gasteiger partial charge in [-0.2, -0.15) is 0 Å². The first-order chi connectivity index (χ1) is 15.8. The Morgan fingerprint density at radius 2 is 1.91 bits per heavy atom. The van der Waals surface area contributed by atoms with Crippen LogP contribution in [0.2, 0.25) is 0 Å². The van der Waals surface area contributed by atoms with E-state index >= 15 is 0 Å². The van der Waals surface area contributed by atoms with Crippen LogP contribution in [0.25, 0.3) is 16.5 Å². The predicted octanol–water partition coefficient (Wildman–Crippen LogP) is 3.78. The summed E-state index contributed by atoms with van der Waals surface area (Å²) >= 11 is 0. The summed E-state index contributed by atoms with van der Waals surface area (Å²) in [6.45, 7) is 8.30. The topological polar surface area (TPSA) is 89.8 Å². The Labute approximate surface area is 194 Å². The first-order valence-corrected chi connectivity index (χ1v) is 11.6. The van der Waals surface area contributed by atoms with Crippen molar-refractivity contribution < 1.29 is 15.0 Å². The summed E-state index contributed by atoms with van der Waals surface area (Å²) in [7, 11) is 0. The summed E-state index contributed by atoms with van der Waals surface area (Å²) in [5.41, 5.74) is 2.52. The van der Waals surface area contributed by atoms with Gasteiger partial charge in [0, 0.05) is 31.6 Å². The number of anilines is 1. The maximum atomic E-state index is 12.6. The number of rotatable bonds is 5. The first kappa shape index (κ1) is 23.0. The van der Waals surface area contributed by atoms with Gasteiger partial charge in [0.15, 0.2) is 5.82 Å². The molecule has 0 radical (unpaired) electrons. The molecule has 4 rings (SSSR count). The van der Waals surface area contributed by atoms with E-state index in [1.807, 2.05) is 57.2 Å². The van der Waals surface area contributed by atoms with E-state index in [1.165, 1.54) is 0 Å². The highest BCUT2D eigenvalue weighted by Crippen LogP contribution is 2.30. The quantitative estimate of drug-likeness (QED) is 0.724. The number of carbonyl (C=O) groups excluding carboxylic acids is 1. The van der Waals surface area contributed by atoms with Crippen LogP contribution in [0.3, 0.4) is 0 Å². The highest BCUT2D eigenvalue weighted by atomic mass is 16.3. The second kappa shape index (κ2) is 9.75. The van der Waals surface area contributed by atoms with E-state index in [9.17, 15) is 15.0 Å². The van der Waals surface area contributed by atoms with E-state index in [-0.39, 0.29) is 17.6 Å². The number of piperazine rings is 1. The Bertz CT molecular complexity index is 1130. The van der Waals surface area contributed by atoms with Crippen LogP contribution in [0.15, 0.2) is 48.3 Å². The fourth-order valence-electron chi connectivity index (χ4n) is 4.29. The minimum atomic E-state index is -0.948. The molecule has 0 spiro atoms. The largest absolute Gasteiger partial charge is 0.508 e. The van der Waals surface area contributed by atoms with Gasteiger partial charge in [0.25, 0.3) is 5.91 Å². The normalized spacial score (nSPS) is 17.7. The van der Waals surface area contributed by atoms with Crippen molar-refractivity contribution in [3.63, 3.8) is 0 Å². The minimum absolute atomic E-state index is 0.174. The molecule has 7 heteroatoms. The lowest BCUT2D eigenvalue weighted by atomic mass is 10.0. The van der Waals surface area contributed by atoms with Gasteiger partial charge in [0.1, 0.15) is 17.7 Å². The van der Waals surface area contributed by atoms with E-state index < -0.39 is 6.10 Å². The van der Waals surface area contributed by atoms with Crippen LogP contribution in [-0.4, -0.2) is 63.3 Å². The van der Waals surface area contributed by atoms with Gasteiger partial charge >= 0.3 is 0 Å². The number of aromatic nitrogens is 2. The summed E-state index contributed by atoms with van der Waals surface area (Å²) in [6.07, 6.45) is 7.65. The zero-order valence-electron chi connectivity index (χ0n) is 19.5. The molecule has 1 aromatic heterocycles. The molecule has 2 aromatic rings. The van der Waals surface area contributed by atoms with Crippen molar-refractivity contribution >= 4 is 28.2 Å². The second-order valence-electron chi connectivity index (χ2n) is 9.18. The number of carbonyl (C=O) groups is 1. The zero-order valence-corrected chi connectivity index (χ0v) is 19.5. The summed E-state index contributed by atoms with van der Waals surface area (Å²) in [6, 6.07) is 6.10. The SMILES string of the molecule is Cc1ccc2c(N3CCN(C(=O)C(O)CC(C)C)CC3)nc(C3=CC=CCC=C3O)nc2c1. The molecule has 1 fully saturated rings. The van der Waals surface area contributed by atoms with Crippen LogP contribution in [0.1, 0.15) is 38.1 Å². The smallest absolute Gasteiger partial charge is 0.251 e. The predicted molar refractivity (Wildman–Crippen MR) is 131 cm³/mol. The Balaban J connectivity index is 1.63. The average Bonchev–Trinajstić information content (AvgIpc) is 3.01. The number of hydrogen-bond donors (Lipinski definition) is 2. The third-order valence-corrected chi connectivity index (χ3v) is 6.07. The highest BCUT2D eigenvalue weighted by molar-refractivity contribution is 5.92. The van der Waals surface area contributed by atoms with Crippen LogP contribution in [-0.2, 0) is 4.79 Å². The maximum absolute atomic E-state index is 12.6. The number of aryl methyl sites for hydroxylation is 1. The van der Waals surface area contributed by atoms with Crippen molar-refractivity contribution in [3.05, 3.63) is 59.7 Å². The second-order valence-corrected chi connectivity index (χ2v) is 9.18.